The smallest absolute Gasteiger partial charge is 0.132 e. The molecule has 2 aromatic heterocycles. The van der Waals surface area contributed by atoms with Crippen LogP contribution < -0.4 is 5.32 Å². The van der Waals surface area contributed by atoms with Crippen LogP contribution in [-0.2, 0) is 0 Å². The first kappa shape index (κ1) is 19.3. The van der Waals surface area contributed by atoms with Gasteiger partial charge in [0.1, 0.15) is 11.6 Å². The monoisotopic (exact) mass is 364 g/mol. The summed E-state index contributed by atoms with van der Waals surface area (Å²) in [6, 6.07) is 9.24. The lowest BCUT2D eigenvalue weighted by atomic mass is 9.84. The highest BCUT2D eigenvalue weighted by Crippen LogP contribution is 2.36. The van der Waals surface area contributed by atoms with Gasteiger partial charge in [0.15, 0.2) is 0 Å². The molecule has 1 aliphatic heterocycles. The van der Waals surface area contributed by atoms with E-state index in [-0.39, 0.29) is 35.7 Å². The van der Waals surface area contributed by atoms with Gasteiger partial charge in [0.05, 0.1) is 17.2 Å². The zero-order chi connectivity index (χ0) is 15.8. The molecule has 0 bridgehead atoms. The molecule has 3 aromatic rings. The Balaban J connectivity index is 0.00000113. The largest absolute Gasteiger partial charge is 0.412 e. The minimum atomic E-state index is -0.153. The van der Waals surface area contributed by atoms with Crippen molar-refractivity contribution in [2.75, 3.05) is 0 Å². The lowest BCUT2D eigenvalue weighted by Crippen LogP contribution is -2.38. The summed E-state index contributed by atoms with van der Waals surface area (Å²) in [5.74, 6) is 0.932. The summed E-state index contributed by atoms with van der Waals surface area (Å²) in [6.45, 7) is 2.13. The van der Waals surface area contributed by atoms with Gasteiger partial charge in [0.25, 0.3) is 0 Å². The van der Waals surface area contributed by atoms with Gasteiger partial charge in [-0.05, 0) is 31.9 Å². The van der Waals surface area contributed by atoms with E-state index in [9.17, 15) is 4.39 Å². The third-order valence-electron chi connectivity index (χ3n) is 4.61. The van der Waals surface area contributed by atoms with E-state index in [1.54, 1.807) is 6.07 Å². The van der Waals surface area contributed by atoms with E-state index in [0.717, 1.165) is 35.3 Å². The molecule has 4 N–H and O–H groups in total. The third kappa shape index (κ3) is 3.81. The second kappa shape index (κ2) is 7.91. The first-order chi connectivity index (χ1) is 11.2. The zero-order valence-corrected chi connectivity index (χ0v) is 14.7. The predicted octanol–water partition coefficient (Wildman–Crippen LogP) is 3.29. The van der Waals surface area contributed by atoms with Crippen LogP contribution in [0.4, 0.5) is 4.39 Å². The second-order valence-corrected chi connectivity index (χ2v) is 6.31. The molecule has 25 heavy (non-hydrogen) atoms. The number of aromatic amines is 1. The van der Waals surface area contributed by atoms with Gasteiger partial charge in [0.2, 0.25) is 0 Å². The molecule has 0 aliphatic carbocycles. The highest BCUT2D eigenvalue weighted by Gasteiger charge is 2.30. The number of H-pyrrole nitrogens is 1. The molecule has 1 saturated heterocycles. The summed E-state index contributed by atoms with van der Waals surface area (Å²) in [6.07, 6.45) is 5.47. The van der Waals surface area contributed by atoms with E-state index in [4.69, 9.17) is 0 Å². The van der Waals surface area contributed by atoms with Crippen molar-refractivity contribution in [1.82, 2.24) is 20.3 Å². The molecular formula is C18H22ClFN4O. The van der Waals surface area contributed by atoms with Gasteiger partial charge in [-0.1, -0.05) is 18.2 Å². The quantitative estimate of drug-likeness (QED) is 0.731. The number of halogens is 2. The molecule has 0 saturated carbocycles. The molecule has 5 nitrogen and oxygen atoms in total. The van der Waals surface area contributed by atoms with E-state index < -0.39 is 0 Å². The van der Waals surface area contributed by atoms with Crippen molar-refractivity contribution < 1.29 is 9.87 Å². The number of hydrogen-bond donors (Lipinski definition) is 2. The van der Waals surface area contributed by atoms with Crippen LogP contribution in [0.5, 0.6) is 0 Å². The third-order valence-corrected chi connectivity index (χ3v) is 4.61. The van der Waals surface area contributed by atoms with E-state index >= 15 is 0 Å². The minimum Gasteiger partial charge on any atom is -0.412 e. The number of piperidine rings is 1. The predicted molar refractivity (Wildman–Crippen MR) is 98.5 cm³/mol. The standard InChI is InChI=1S/C18H19FN4.ClH.H2O/c1-11-8-12(18-21-10-17-15(23-18)6-7-20-17)9-16(22-11)13-4-2-3-5-14(13)19;;/h2-7,10-12,16,20,22H,8-9H2,1H3;1H;1H2. The van der Waals surface area contributed by atoms with E-state index in [1.807, 2.05) is 30.6 Å². The Morgan fingerprint density at radius 3 is 2.76 bits per heavy atom. The van der Waals surface area contributed by atoms with Crippen molar-refractivity contribution in [3.05, 3.63) is 59.9 Å². The Morgan fingerprint density at radius 2 is 1.96 bits per heavy atom. The molecule has 134 valence electrons. The number of nitrogens with zero attached hydrogens (tertiary/aromatic N) is 2. The fourth-order valence-electron chi connectivity index (χ4n) is 3.53. The van der Waals surface area contributed by atoms with Crippen molar-refractivity contribution in [2.45, 2.75) is 37.8 Å². The van der Waals surface area contributed by atoms with Gasteiger partial charge in [-0.3, -0.25) is 0 Å². The summed E-state index contributed by atoms with van der Waals surface area (Å²) in [5.41, 5.74) is 2.61. The van der Waals surface area contributed by atoms with Crippen LogP contribution in [0, 0.1) is 5.82 Å². The number of fused-ring (bicyclic) bond motifs is 1. The number of hydrogen-bond acceptors (Lipinski definition) is 3. The van der Waals surface area contributed by atoms with Crippen LogP contribution in [0.1, 0.15) is 43.1 Å². The molecule has 3 atom stereocenters. The molecule has 1 fully saturated rings. The van der Waals surface area contributed by atoms with Gasteiger partial charge >= 0.3 is 0 Å². The van der Waals surface area contributed by atoms with Crippen LogP contribution in [0.25, 0.3) is 11.0 Å². The maximum Gasteiger partial charge on any atom is 0.132 e. The normalized spacial score (nSPS) is 22.9. The first-order valence-corrected chi connectivity index (χ1v) is 8.01. The number of rotatable bonds is 2. The van der Waals surface area contributed by atoms with Crippen LogP contribution in [0.3, 0.4) is 0 Å². The SMILES string of the molecule is CC1CC(c2ncc3[nH]ccc3n2)CC(c2ccccc2F)N1.Cl.O. The molecule has 3 heterocycles. The summed E-state index contributed by atoms with van der Waals surface area (Å²) in [7, 11) is 0. The molecule has 0 radical (unpaired) electrons. The zero-order valence-electron chi connectivity index (χ0n) is 13.9. The van der Waals surface area contributed by atoms with Gasteiger partial charge in [-0.15, -0.1) is 12.4 Å². The Morgan fingerprint density at radius 1 is 1.16 bits per heavy atom. The lowest BCUT2D eigenvalue weighted by molar-refractivity contribution is 0.295. The van der Waals surface area contributed by atoms with Crippen molar-refractivity contribution in [2.24, 2.45) is 0 Å². The lowest BCUT2D eigenvalue weighted by Gasteiger charge is -2.34. The first-order valence-electron chi connectivity index (χ1n) is 8.01. The average Bonchev–Trinajstić information content (AvgIpc) is 3.02. The number of nitrogens with one attached hydrogen (secondary N) is 2. The summed E-state index contributed by atoms with van der Waals surface area (Å²) in [5, 5.41) is 3.50. The van der Waals surface area contributed by atoms with Crippen LogP contribution in [0.2, 0.25) is 0 Å². The van der Waals surface area contributed by atoms with E-state index in [0.29, 0.717) is 6.04 Å². The highest BCUT2D eigenvalue weighted by atomic mass is 35.5. The Bertz CT molecular complexity index is 841. The molecular weight excluding hydrogens is 343 g/mol. The second-order valence-electron chi connectivity index (χ2n) is 6.31. The Kier molecular flexibility index (Phi) is 6.11. The Labute approximate surface area is 151 Å². The number of benzene rings is 1. The van der Waals surface area contributed by atoms with Gasteiger partial charge < -0.3 is 15.8 Å². The van der Waals surface area contributed by atoms with Crippen LogP contribution >= 0.6 is 12.4 Å². The van der Waals surface area contributed by atoms with E-state index in [2.05, 4.69) is 27.2 Å². The Hall–Kier alpha value is -2.02. The average molecular weight is 365 g/mol. The maximum absolute atomic E-state index is 14.1. The molecule has 7 heteroatoms. The van der Waals surface area contributed by atoms with Gasteiger partial charge in [-0.25, -0.2) is 14.4 Å². The number of aromatic nitrogens is 3. The highest BCUT2D eigenvalue weighted by molar-refractivity contribution is 5.85. The van der Waals surface area contributed by atoms with Crippen molar-refractivity contribution in [3.63, 3.8) is 0 Å². The molecule has 3 unspecified atom stereocenters. The van der Waals surface area contributed by atoms with Crippen molar-refractivity contribution in [3.8, 4) is 0 Å². The molecule has 1 aromatic carbocycles. The maximum atomic E-state index is 14.1. The fourth-order valence-corrected chi connectivity index (χ4v) is 3.53. The summed E-state index contributed by atoms with van der Waals surface area (Å²) in [4.78, 5) is 12.3. The fraction of sp³-hybridized carbons (Fsp3) is 0.333. The molecule has 4 rings (SSSR count). The minimum absolute atomic E-state index is 0. The van der Waals surface area contributed by atoms with E-state index in [1.165, 1.54) is 6.07 Å². The van der Waals surface area contributed by atoms with Gasteiger partial charge in [-0.2, -0.15) is 0 Å². The molecule has 0 spiro atoms. The molecule has 1 aliphatic rings. The summed E-state index contributed by atoms with van der Waals surface area (Å²) >= 11 is 0. The van der Waals surface area contributed by atoms with Crippen molar-refractivity contribution in [1.29, 1.82) is 0 Å². The van der Waals surface area contributed by atoms with Crippen molar-refractivity contribution >= 4 is 23.4 Å². The topological polar surface area (TPSA) is 85.1 Å². The summed E-state index contributed by atoms with van der Waals surface area (Å²) < 4.78 is 14.1. The van der Waals surface area contributed by atoms with Gasteiger partial charge in [0, 0.05) is 29.8 Å². The van der Waals surface area contributed by atoms with Crippen LogP contribution in [-0.4, -0.2) is 26.5 Å². The van der Waals surface area contributed by atoms with Crippen LogP contribution in [0.15, 0.2) is 42.7 Å². The molecule has 0 amide bonds.